The van der Waals surface area contributed by atoms with Gasteiger partial charge in [-0.1, -0.05) is 30.3 Å². The molecule has 1 amide bonds. The first kappa shape index (κ1) is 20.1. The first-order valence-corrected chi connectivity index (χ1v) is 10.5. The minimum Gasteiger partial charge on any atom is -0.381 e. The molecule has 1 heterocycles. The third-order valence-corrected chi connectivity index (χ3v) is 5.83. The van der Waals surface area contributed by atoms with Crippen molar-refractivity contribution in [1.82, 2.24) is 0 Å². The first-order chi connectivity index (χ1) is 14.2. The number of benzene rings is 2. The van der Waals surface area contributed by atoms with E-state index in [1.807, 2.05) is 12.1 Å². The molecule has 1 aliphatic carbocycles. The highest BCUT2D eigenvalue weighted by molar-refractivity contribution is 6.01. The minimum atomic E-state index is -0.393. The Morgan fingerprint density at radius 2 is 1.83 bits per heavy atom. The van der Waals surface area contributed by atoms with Crippen LogP contribution in [0.25, 0.3) is 16.3 Å². The quantitative estimate of drug-likeness (QED) is 0.717. The van der Waals surface area contributed by atoms with E-state index >= 15 is 0 Å². The molecule has 5 heteroatoms. The number of hydrogen-bond acceptors (Lipinski definition) is 4. The number of fused-ring (bicyclic) bond motifs is 1. The van der Waals surface area contributed by atoms with E-state index in [1.165, 1.54) is 11.1 Å². The van der Waals surface area contributed by atoms with Crippen molar-refractivity contribution in [1.29, 1.82) is 0 Å². The van der Waals surface area contributed by atoms with Gasteiger partial charge in [-0.05, 0) is 66.1 Å². The predicted octanol–water partition coefficient (Wildman–Crippen LogP) is 4.09. The molecular formula is C24H29NO4. The van der Waals surface area contributed by atoms with Gasteiger partial charge in [-0.3, -0.25) is 4.79 Å². The zero-order chi connectivity index (χ0) is 20.1. The molecule has 1 saturated heterocycles. The van der Waals surface area contributed by atoms with E-state index in [0.29, 0.717) is 24.9 Å². The average Bonchev–Trinajstić information content (AvgIpc) is 2.77. The summed E-state index contributed by atoms with van der Waals surface area (Å²) in [6.07, 6.45) is 7.67. The number of allylic oxidation sites excluding steroid dienone is 1. The number of nitrogens with two attached hydrogens (primary N) is 1. The third-order valence-electron chi connectivity index (χ3n) is 5.83. The van der Waals surface area contributed by atoms with Gasteiger partial charge in [0.15, 0.2) is 0 Å². The monoisotopic (exact) mass is 395 g/mol. The van der Waals surface area contributed by atoms with Crippen LogP contribution in [0.15, 0.2) is 42.5 Å². The molecule has 1 unspecified atom stereocenters. The lowest BCUT2D eigenvalue weighted by Gasteiger charge is -2.25. The number of hydrogen-bond donors (Lipinski definition) is 1. The van der Waals surface area contributed by atoms with E-state index in [2.05, 4.69) is 24.3 Å². The van der Waals surface area contributed by atoms with Gasteiger partial charge in [0.25, 0.3) is 0 Å². The van der Waals surface area contributed by atoms with Crippen LogP contribution in [-0.4, -0.2) is 44.5 Å². The van der Waals surface area contributed by atoms with Gasteiger partial charge in [0, 0.05) is 18.8 Å². The van der Waals surface area contributed by atoms with Gasteiger partial charge in [0.05, 0.1) is 25.4 Å². The Hall–Kier alpha value is -2.21. The summed E-state index contributed by atoms with van der Waals surface area (Å²) in [6, 6.07) is 11.9. The molecule has 0 saturated carbocycles. The highest BCUT2D eigenvalue weighted by Crippen LogP contribution is 2.33. The molecule has 1 atom stereocenters. The lowest BCUT2D eigenvalue weighted by molar-refractivity contribution is -0.0606. The van der Waals surface area contributed by atoms with Gasteiger partial charge in [-0.2, -0.15) is 0 Å². The van der Waals surface area contributed by atoms with Gasteiger partial charge >= 0.3 is 0 Å². The Morgan fingerprint density at radius 1 is 1.03 bits per heavy atom. The van der Waals surface area contributed by atoms with Gasteiger partial charge in [-0.25, -0.2) is 0 Å². The molecule has 2 aromatic rings. The number of rotatable bonds is 7. The molecular weight excluding hydrogens is 366 g/mol. The lowest BCUT2D eigenvalue weighted by Crippen LogP contribution is -2.26. The van der Waals surface area contributed by atoms with Crippen LogP contribution in [0.4, 0.5) is 0 Å². The maximum absolute atomic E-state index is 11.6. The summed E-state index contributed by atoms with van der Waals surface area (Å²) in [5.41, 5.74) is 8.52. The second-order valence-electron chi connectivity index (χ2n) is 7.78. The molecule has 2 N–H and O–H groups in total. The van der Waals surface area contributed by atoms with Crippen molar-refractivity contribution in [3.8, 4) is 0 Å². The van der Waals surface area contributed by atoms with Crippen LogP contribution in [0.5, 0.6) is 0 Å². The first-order valence-electron chi connectivity index (χ1n) is 10.5. The molecule has 0 spiro atoms. The van der Waals surface area contributed by atoms with E-state index in [4.69, 9.17) is 19.9 Å². The summed E-state index contributed by atoms with van der Waals surface area (Å²) in [7, 11) is 0. The average molecular weight is 395 g/mol. The van der Waals surface area contributed by atoms with E-state index in [0.717, 1.165) is 56.1 Å². The Balaban J connectivity index is 1.34. The summed E-state index contributed by atoms with van der Waals surface area (Å²) in [5.74, 6) is -0.393. The van der Waals surface area contributed by atoms with Crippen LogP contribution in [-0.2, 0) is 14.2 Å². The van der Waals surface area contributed by atoms with Crippen LogP contribution in [0.3, 0.4) is 0 Å². The van der Waals surface area contributed by atoms with Gasteiger partial charge in [0.2, 0.25) is 5.91 Å². The highest BCUT2D eigenvalue weighted by atomic mass is 16.5. The summed E-state index contributed by atoms with van der Waals surface area (Å²) in [5, 5.41) is 2.20. The Morgan fingerprint density at radius 3 is 2.55 bits per heavy atom. The van der Waals surface area contributed by atoms with Crippen molar-refractivity contribution in [3.63, 3.8) is 0 Å². The van der Waals surface area contributed by atoms with Crippen molar-refractivity contribution in [2.24, 2.45) is 5.73 Å². The van der Waals surface area contributed by atoms with Crippen molar-refractivity contribution < 1.29 is 19.0 Å². The van der Waals surface area contributed by atoms with Crippen LogP contribution >= 0.6 is 0 Å². The normalized spacial score (nSPS) is 20.6. The van der Waals surface area contributed by atoms with Crippen LogP contribution in [0.2, 0.25) is 0 Å². The van der Waals surface area contributed by atoms with Gasteiger partial charge < -0.3 is 19.9 Å². The van der Waals surface area contributed by atoms with Crippen molar-refractivity contribution in [2.45, 2.75) is 44.3 Å². The Kier molecular flexibility index (Phi) is 6.60. The molecule has 154 valence electrons. The topological polar surface area (TPSA) is 70.8 Å². The number of ether oxygens (including phenoxy) is 3. The molecule has 2 aliphatic rings. The molecule has 1 aliphatic heterocycles. The maximum Gasteiger partial charge on any atom is 0.248 e. The summed E-state index contributed by atoms with van der Waals surface area (Å²) in [6.45, 7) is 2.89. The fourth-order valence-corrected chi connectivity index (χ4v) is 4.18. The van der Waals surface area contributed by atoms with Crippen molar-refractivity contribution in [2.75, 3.05) is 26.4 Å². The second kappa shape index (κ2) is 9.53. The fourth-order valence-electron chi connectivity index (χ4n) is 4.18. The smallest absolute Gasteiger partial charge is 0.248 e. The summed E-state index contributed by atoms with van der Waals surface area (Å²) in [4.78, 5) is 11.6. The number of carbonyl (C=O) groups is 1. The SMILES string of the molecule is NC(=O)c1ccc2cccc(C3=CCC(OCCOC4CCOCC4)CC3)c2c1. The zero-order valence-electron chi connectivity index (χ0n) is 16.8. The van der Waals surface area contributed by atoms with Crippen molar-refractivity contribution >= 4 is 22.3 Å². The highest BCUT2D eigenvalue weighted by Gasteiger charge is 2.18. The van der Waals surface area contributed by atoms with Crippen LogP contribution in [0.1, 0.15) is 48.0 Å². The van der Waals surface area contributed by atoms with Crippen LogP contribution in [0, 0.1) is 0 Å². The fraction of sp³-hybridized carbons (Fsp3) is 0.458. The summed E-state index contributed by atoms with van der Waals surface area (Å²) < 4.78 is 17.3. The molecule has 0 bridgehead atoms. The minimum absolute atomic E-state index is 0.244. The van der Waals surface area contributed by atoms with E-state index < -0.39 is 5.91 Å². The van der Waals surface area contributed by atoms with Gasteiger partial charge in [-0.15, -0.1) is 0 Å². The molecule has 2 aromatic carbocycles. The number of carbonyl (C=O) groups excluding carboxylic acids is 1. The molecule has 29 heavy (non-hydrogen) atoms. The molecule has 1 fully saturated rings. The molecule has 0 aromatic heterocycles. The second-order valence-corrected chi connectivity index (χ2v) is 7.78. The number of primary amides is 1. The molecule has 4 rings (SSSR count). The largest absolute Gasteiger partial charge is 0.381 e. The predicted molar refractivity (Wildman–Crippen MR) is 114 cm³/mol. The standard InChI is InChI=1S/C24H29NO4/c25-24(26)19-5-4-17-2-1-3-22(23(17)16-19)18-6-8-20(9-7-18)28-14-15-29-21-10-12-27-13-11-21/h1-6,16,20-21H,7-15H2,(H2,25,26). The molecule has 5 nitrogen and oxygen atoms in total. The van der Waals surface area contributed by atoms with E-state index in [-0.39, 0.29) is 6.10 Å². The van der Waals surface area contributed by atoms with Gasteiger partial charge in [0.1, 0.15) is 0 Å². The van der Waals surface area contributed by atoms with E-state index in [1.54, 1.807) is 6.07 Å². The summed E-state index contributed by atoms with van der Waals surface area (Å²) >= 11 is 0. The third kappa shape index (κ3) is 5.04. The lowest BCUT2D eigenvalue weighted by atomic mass is 9.89. The van der Waals surface area contributed by atoms with Crippen molar-refractivity contribution in [3.05, 3.63) is 53.6 Å². The maximum atomic E-state index is 11.6. The Labute approximate surface area is 171 Å². The zero-order valence-corrected chi connectivity index (χ0v) is 16.8. The van der Waals surface area contributed by atoms with Crippen LogP contribution < -0.4 is 5.73 Å². The number of amides is 1. The molecule has 0 radical (unpaired) electrons. The Bertz CT molecular complexity index is 886. The van der Waals surface area contributed by atoms with E-state index in [9.17, 15) is 4.79 Å².